The van der Waals surface area contributed by atoms with Crippen molar-refractivity contribution in [2.45, 2.75) is 12.8 Å². The smallest absolute Gasteiger partial charge is 0.328 e. The van der Waals surface area contributed by atoms with E-state index in [0.29, 0.717) is 19.6 Å². The summed E-state index contributed by atoms with van der Waals surface area (Å²) in [5.41, 5.74) is 1.89. The number of carbonyl (C=O) groups excluding carboxylic acids is 2. The first-order valence-corrected chi connectivity index (χ1v) is 5.90. The minimum absolute atomic E-state index is 0.217. The Bertz CT molecular complexity index is 459. The van der Waals surface area contributed by atoms with Crippen LogP contribution in [0.25, 0.3) is 0 Å². The number of methoxy groups -OCH3 is 1. The van der Waals surface area contributed by atoms with Crippen molar-refractivity contribution in [3.8, 4) is 0 Å². The second-order valence-electron chi connectivity index (χ2n) is 4.13. The molecule has 0 atom stereocenters. The Balaban J connectivity index is 2.21. The zero-order chi connectivity index (χ0) is 13.0. The number of ether oxygens (including phenoxy) is 1. The Kier molecular flexibility index (Phi) is 3.94. The molecule has 0 aliphatic carbocycles. The van der Waals surface area contributed by atoms with E-state index in [2.05, 4.69) is 5.32 Å². The van der Waals surface area contributed by atoms with Crippen LogP contribution in [0.1, 0.15) is 12.0 Å². The van der Waals surface area contributed by atoms with E-state index < -0.39 is 0 Å². The molecule has 1 aliphatic rings. The molecule has 0 radical (unpaired) electrons. The van der Waals surface area contributed by atoms with Gasteiger partial charge in [0.15, 0.2) is 0 Å². The SMILES string of the molecule is COCCc1ccccc1N1CCC(=O)NC1=O. The Labute approximate surface area is 106 Å². The fraction of sp³-hybridized carbons (Fsp3) is 0.385. The molecule has 1 aliphatic heterocycles. The molecule has 0 bridgehead atoms. The van der Waals surface area contributed by atoms with E-state index in [1.165, 1.54) is 0 Å². The van der Waals surface area contributed by atoms with E-state index in [1.807, 2.05) is 24.3 Å². The third kappa shape index (κ3) is 2.68. The summed E-state index contributed by atoms with van der Waals surface area (Å²) in [6, 6.07) is 7.33. The molecule has 5 nitrogen and oxygen atoms in total. The lowest BCUT2D eigenvalue weighted by atomic mass is 10.1. The van der Waals surface area contributed by atoms with Crippen LogP contribution < -0.4 is 10.2 Å². The largest absolute Gasteiger partial charge is 0.384 e. The lowest BCUT2D eigenvalue weighted by Gasteiger charge is -2.28. The van der Waals surface area contributed by atoms with Gasteiger partial charge in [-0.1, -0.05) is 18.2 Å². The molecule has 18 heavy (non-hydrogen) atoms. The van der Waals surface area contributed by atoms with Gasteiger partial charge in [-0.2, -0.15) is 0 Å². The number of rotatable bonds is 4. The Hall–Kier alpha value is -1.88. The Morgan fingerprint density at radius 3 is 2.83 bits per heavy atom. The molecule has 1 fully saturated rings. The molecule has 5 heteroatoms. The number of nitrogens with one attached hydrogen (secondary N) is 1. The molecular formula is C13H16N2O3. The van der Waals surface area contributed by atoms with E-state index in [9.17, 15) is 9.59 Å². The minimum Gasteiger partial charge on any atom is -0.384 e. The van der Waals surface area contributed by atoms with E-state index >= 15 is 0 Å². The predicted molar refractivity (Wildman–Crippen MR) is 67.5 cm³/mol. The van der Waals surface area contributed by atoms with Crippen molar-refractivity contribution in [2.75, 3.05) is 25.2 Å². The number of anilines is 1. The summed E-state index contributed by atoms with van der Waals surface area (Å²) in [6.45, 7) is 1.03. The summed E-state index contributed by atoms with van der Waals surface area (Å²) < 4.78 is 5.06. The van der Waals surface area contributed by atoms with E-state index in [4.69, 9.17) is 4.74 Å². The molecular weight excluding hydrogens is 232 g/mol. The molecule has 1 saturated heterocycles. The molecule has 3 amide bonds. The predicted octanol–water partition coefficient (Wildman–Crippen LogP) is 1.32. The van der Waals surface area contributed by atoms with Crippen LogP contribution in [0.3, 0.4) is 0 Å². The number of imide groups is 1. The van der Waals surface area contributed by atoms with E-state index in [1.54, 1.807) is 12.0 Å². The molecule has 1 heterocycles. The van der Waals surface area contributed by atoms with Crippen LogP contribution in [0, 0.1) is 0 Å². The minimum atomic E-state index is -0.351. The molecule has 96 valence electrons. The van der Waals surface area contributed by atoms with Crippen molar-refractivity contribution in [2.24, 2.45) is 0 Å². The van der Waals surface area contributed by atoms with Crippen molar-refractivity contribution >= 4 is 17.6 Å². The van der Waals surface area contributed by atoms with Crippen LogP contribution in [-0.2, 0) is 16.0 Å². The Morgan fingerprint density at radius 1 is 1.33 bits per heavy atom. The number of hydrogen-bond donors (Lipinski definition) is 1. The maximum absolute atomic E-state index is 11.8. The number of hydrogen-bond acceptors (Lipinski definition) is 3. The van der Waals surface area contributed by atoms with Gasteiger partial charge in [0.1, 0.15) is 0 Å². The van der Waals surface area contributed by atoms with Gasteiger partial charge in [-0.05, 0) is 18.1 Å². The third-order valence-electron chi connectivity index (χ3n) is 2.91. The maximum Gasteiger partial charge on any atom is 0.328 e. The van der Waals surface area contributed by atoms with Gasteiger partial charge in [0.05, 0.1) is 6.61 Å². The Morgan fingerprint density at radius 2 is 2.11 bits per heavy atom. The second kappa shape index (κ2) is 5.64. The van der Waals surface area contributed by atoms with Gasteiger partial charge in [-0.3, -0.25) is 15.0 Å². The molecule has 1 N–H and O–H groups in total. The highest BCUT2D eigenvalue weighted by atomic mass is 16.5. The van der Waals surface area contributed by atoms with Crippen LogP contribution in [0.5, 0.6) is 0 Å². The molecule has 1 aromatic rings. The van der Waals surface area contributed by atoms with Crippen molar-refractivity contribution in [1.29, 1.82) is 0 Å². The van der Waals surface area contributed by atoms with Crippen molar-refractivity contribution < 1.29 is 14.3 Å². The summed E-state index contributed by atoms with van der Waals surface area (Å²) in [4.78, 5) is 24.5. The summed E-state index contributed by atoms with van der Waals surface area (Å²) in [5, 5.41) is 2.33. The first-order chi connectivity index (χ1) is 8.72. The van der Waals surface area contributed by atoms with Crippen LogP contribution >= 0.6 is 0 Å². The van der Waals surface area contributed by atoms with Gasteiger partial charge in [0.2, 0.25) is 5.91 Å². The molecule has 0 unspecified atom stereocenters. The summed E-state index contributed by atoms with van der Waals surface area (Å²) in [7, 11) is 1.65. The van der Waals surface area contributed by atoms with Crippen LogP contribution in [0.15, 0.2) is 24.3 Å². The zero-order valence-corrected chi connectivity index (χ0v) is 10.3. The van der Waals surface area contributed by atoms with Gasteiger partial charge < -0.3 is 4.74 Å². The summed E-state index contributed by atoms with van der Waals surface area (Å²) in [6.07, 6.45) is 1.08. The quantitative estimate of drug-likeness (QED) is 0.874. The highest BCUT2D eigenvalue weighted by Crippen LogP contribution is 2.22. The van der Waals surface area contributed by atoms with Gasteiger partial charge in [-0.15, -0.1) is 0 Å². The highest BCUT2D eigenvalue weighted by Gasteiger charge is 2.25. The lowest BCUT2D eigenvalue weighted by Crippen LogP contribution is -2.49. The molecule has 0 spiro atoms. The van der Waals surface area contributed by atoms with Gasteiger partial charge in [0.25, 0.3) is 0 Å². The number of urea groups is 1. The topological polar surface area (TPSA) is 58.6 Å². The lowest BCUT2D eigenvalue weighted by molar-refractivity contribution is -0.120. The number of benzene rings is 1. The van der Waals surface area contributed by atoms with Crippen molar-refractivity contribution in [3.05, 3.63) is 29.8 Å². The first-order valence-electron chi connectivity index (χ1n) is 5.90. The second-order valence-corrected chi connectivity index (χ2v) is 4.13. The zero-order valence-electron chi connectivity index (χ0n) is 10.3. The molecule has 0 saturated carbocycles. The van der Waals surface area contributed by atoms with Gasteiger partial charge >= 0.3 is 6.03 Å². The number of nitrogens with zero attached hydrogens (tertiary/aromatic N) is 1. The summed E-state index contributed by atoms with van der Waals surface area (Å²) >= 11 is 0. The average molecular weight is 248 g/mol. The standard InChI is InChI=1S/C13H16N2O3/c1-18-9-7-10-4-2-3-5-11(10)15-8-6-12(16)14-13(15)17/h2-5H,6-9H2,1H3,(H,14,16,17). The number of carbonyl (C=O) groups is 2. The average Bonchev–Trinajstić information content (AvgIpc) is 2.37. The van der Waals surface area contributed by atoms with E-state index in [-0.39, 0.29) is 11.9 Å². The maximum atomic E-state index is 11.8. The third-order valence-corrected chi connectivity index (χ3v) is 2.91. The van der Waals surface area contributed by atoms with Crippen molar-refractivity contribution in [3.63, 3.8) is 0 Å². The first kappa shape index (κ1) is 12.6. The fourth-order valence-electron chi connectivity index (χ4n) is 1.99. The van der Waals surface area contributed by atoms with E-state index in [0.717, 1.165) is 17.7 Å². The van der Waals surface area contributed by atoms with Crippen LogP contribution in [0.4, 0.5) is 10.5 Å². The number of para-hydroxylation sites is 1. The van der Waals surface area contributed by atoms with Crippen LogP contribution in [0.2, 0.25) is 0 Å². The highest BCUT2D eigenvalue weighted by molar-refractivity contribution is 6.05. The monoisotopic (exact) mass is 248 g/mol. The summed E-state index contributed by atoms with van der Waals surface area (Å²) in [5.74, 6) is -0.217. The normalized spacial score (nSPS) is 15.7. The van der Waals surface area contributed by atoms with Crippen molar-refractivity contribution in [1.82, 2.24) is 5.32 Å². The number of amides is 3. The van der Waals surface area contributed by atoms with Gasteiger partial charge in [-0.25, -0.2) is 4.79 Å². The van der Waals surface area contributed by atoms with Gasteiger partial charge in [0, 0.05) is 25.8 Å². The molecule has 2 rings (SSSR count). The fourth-order valence-corrected chi connectivity index (χ4v) is 1.99. The molecule has 0 aromatic heterocycles. The molecule has 1 aromatic carbocycles. The van der Waals surface area contributed by atoms with Crippen LogP contribution in [-0.4, -0.2) is 32.2 Å².